The van der Waals surface area contributed by atoms with E-state index in [1.807, 2.05) is 60.7 Å². The van der Waals surface area contributed by atoms with Gasteiger partial charge < -0.3 is 14.3 Å². The molecule has 0 amide bonds. The number of para-hydroxylation sites is 1. The summed E-state index contributed by atoms with van der Waals surface area (Å²) in [4.78, 5) is 2.16. The molecule has 0 unspecified atom stereocenters. The largest absolute Gasteiger partial charge is 0.491 e. The van der Waals surface area contributed by atoms with Crippen LogP contribution in [0.3, 0.4) is 0 Å². The minimum Gasteiger partial charge on any atom is -0.491 e. The number of hydrogen-bond donors (Lipinski definition) is 1. The predicted molar refractivity (Wildman–Crippen MR) is 97.2 cm³/mol. The van der Waals surface area contributed by atoms with Crippen molar-refractivity contribution < 1.29 is 14.3 Å². The number of rotatable bonds is 9. The molecule has 0 aliphatic carbocycles. The molecule has 0 spiro atoms. The van der Waals surface area contributed by atoms with E-state index >= 15 is 0 Å². The average molecular weight is 337 g/mol. The van der Waals surface area contributed by atoms with Crippen LogP contribution in [0.25, 0.3) is 0 Å². The third-order valence-corrected chi connectivity index (χ3v) is 3.86. The summed E-state index contributed by atoms with van der Waals surface area (Å²) in [5, 5.41) is 10.4. The number of aliphatic hydroxyl groups is 1. The van der Waals surface area contributed by atoms with Gasteiger partial charge in [-0.05, 0) is 29.8 Å². The summed E-state index contributed by atoms with van der Waals surface area (Å²) in [6.45, 7) is 2.14. The van der Waals surface area contributed by atoms with Gasteiger partial charge in [0.15, 0.2) is 0 Å². The molecular weight excluding hydrogens is 314 g/mol. The molecule has 0 fully saturated rings. The van der Waals surface area contributed by atoms with E-state index in [9.17, 15) is 5.11 Å². The molecule has 2 aromatic carbocycles. The Hall–Kier alpha value is -2.56. The highest BCUT2D eigenvalue weighted by Crippen LogP contribution is 2.13. The summed E-state index contributed by atoms with van der Waals surface area (Å²) in [5.41, 5.74) is 1.20. The van der Waals surface area contributed by atoms with Crippen LogP contribution in [0.1, 0.15) is 11.3 Å². The second-order valence-electron chi connectivity index (χ2n) is 6.01. The zero-order valence-electron chi connectivity index (χ0n) is 14.1. The SMILES string of the molecule is O[C@@H](COc1ccccc1)CN(Cc1ccccc1)Cc1ccco1. The van der Waals surface area contributed by atoms with Crippen molar-refractivity contribution in [3.8, 4) is 5.75 Å². The van der Waals surface area contributed by atoms with E-state index in [1.165, 1.54) is 5.56 Å². The van der Waals surface area contributed by atoms with E-state index in [2.05, 4.69) is 17.0 Å². The minimum atomic E-state index is -0.584. The number of hydrogen-bond acceptors (Lipinski definition) is 4. The van der Waals surface area contributed by atoms with Gasteiger partial charge in [-0.2, -0.15) is 0 Å². The van der Waals surface area contributed by atoms with Crippen molar-refractivity contribution in [3.63, 3.8) is 0 Å². The maximum Gasteiger partial charge on any atom is 0.119 e. The molecule has 0 saturated heterocycles. The first-order valence-electron chi connectivity index (χ1n) is 8.44. The van der Waals surface area contributed by atoms with Gasteiger partial charge in [-0.25, -0.2) is 0 Å². The lowest BCUT2D eigenvalue weighted by atomic mass is 10.2. The van der Waals surface area contributed by atoms with Crippen LogP contribution in [-0.4, -0.2) is 29.3 Å². The van der Waals surface area contributed by atoms with Crippen LogP contribution < -0.4 is 4.74 Å². The average Bonchev–Trinajstić information content (AvgIpc) is 3.15. The Balaban J connectivity index is 1.58. The quantitative estimate of drug-likeness (QED) is 0.646. The van der Waals surface area contributed by atoms with Crippen LogP contribution in [0.5, 0.6) is 5.75 Å². The molecule has 4 heteroatoms. The first-order valence-corrected chi connectivity index (χ1v) is 8.44. The molecule has 0 saturated carbocycles. The third-order valence-electron chi connectivity index (χ3n) is 3.86. The lowest BCUT2D eigenvalue weighted by Crippen LogP contribution is -2.35. The summed E-state index contributed by atoms with van der Waals surface area (Å²) in [5.74, 6) is 1.65. The Morgan fingerprint density at radius 3 is 2.28 bits per heavy atom. The standard InChI is InChI=1S/C21H23NO3/c23-19(17-25-20-10-5-2-6-11-20)15-22(16-21-12-7-13-24-21)14-18-8-3-1-4-9-18/h1-13,19,23H,14-17H2/t19-/m1/s1. The number of nitrogens with zero attached hydrogens (tertiary/aromatic N) is 1. The number of furan rings is 1. The van der Waals surface area contributed by atoms with Gasteiger partial charge in [0.2, 0.25) is 0 Å². The second-order valence-corrected chi connectivity index (χ2v) is 6.01. The molecule has 3 aromatic rings. The van der Waals surface area contributed by atoms with Crippen molar-refractivity contribution in [2.24, 2.45) is 0 Å². The van der Waals surface area contributed by atoms with Crippen LogP contribution in [-0.2, 0) is 13.1 Å². The molecule has 1 atom stereocenters. The summed E-state index contributed by atoms with van der Waals surface area (Å²) in [6, 6.07) is 23.6. The van der Waals surface area contributed by atoms with Crippen LogP contribution in [0.2, 0.25) is 0 Å². The normalized spacial score (nSPS) is 12.2. The van der Waals surface area contributed by atoms with Gasteiger partial charge in [0.25, 0.3) is 0 Å². The maximum absolute atomic E-state index is 10.4. The zero-order chi connectivity index (χ0) is 17.3. The molecule has 3 rings (SSSR count). The molecule has 25 heavy (non-hydrogen) atoms. The monoisotopic (exact) mass is 337 g/mol. The van der Waals surface area contributed by atoms with E-state index in [0.717, 1.165) is 18.1 Å². The van der Waals surface area contributed by atoms with E-state index in [1.54, 1.807) is 6.26 Å². The number of aliphatic hydroxyl groups excluding tert-OH is 1. The first kappa shape index (κ1) is 17.3. The second kappa shape index (κ2) is 9.06. The van der Waals surface area contributed by atoms with Gasteiger partial charge in [-0.15, -0.1) is 0 Å². The zero-order valence-corrected chi connectivity index (χ0v) is 14.1. The lowest BCUT2D eigenvalue weighted by Gasteiger charge is -2.24. The van der Waals surface area contributed by atoms with Crippen molar-refractivity contribution in [1.82, 2.24) is 4.90 Å². The van der Waals surface area contributed by atoms with Crippen LogP contribution in [0, 0.1) is 0 Å². The Bertz CT molecular complexity index is 713. The van der Waals surface area contributed by atoms with E-state index < -0.39 is 6.10 Å². The molecule has 0 radical (unpaired) electrons. The number of benzene rings is 2. The predicted octanol–water partition coefficient (Wildman–Crippen LogP) is 3.72. The molecule has 1 N–H and O–H groups in total. The maximum atomic E-state index is 10.4. The topological polar surface area (TPSA) is 45.8 Å². The van der Waals surface area contributed by atoms with E-state index in [4.69, 9.17) is 9.15 Å². The van der Waals surface area contributed by atoms with E-state index in [-0.39, 0.29) is 6.61 Å². The summed E-state index contributed by atoms with van der Waals surface area (Å²) >= 11 is 0. The van der Waals surface area contributed by atoms with E-state index in [0.29, 0.717) is 13.1 Å². The molecule has 0 aliphatic rings. The lowest BCUT2D eigenvalue weighted by molar-refractivity contribution is 0.0605. The molecule has 4 nitrogen and oxygen atoms in total. The van der Waals surface area contributed by atoms with Crippen LogP contribution in [0.15, 0.2) is 83.5 Å². The van der Waals surface area contributed by atoms with Gasteiger partial charge in [0.1, 0.15) is 24.2 Å². The Kier molecular flexibility index (Phi) is 6.26. The van der Waals surface area contributed by atoms with Crippen molar-refractivity contribution in [2.75, 3.05) is 13.2 Å². The number of ether oxygens (including phenoxy) is 1. The van der Waals surface area contributed by atoms with Crippen molar-refractivity contribution in [1.29, 1.82) is 0 Å². The molecule has 1 aromatic heterocycles. The molecular formula is C21H23NO3. The Morgan fingerprint density at radius 2 is 1.60 bits per heavy atom. The van der Waals surface area contributed by atoms with Crippen molar-refractivity contribution >= 4 is 0 Å². The van der Waals surface area contributed by atoms with Gasteiger partial charge in [0.05, 0.1) is 12.8 Å². The molecule has 1 heterocycles. The third kappa shape index (κ3) is 5.78. The Labute approximate surface area is 148 Å². The molecule has 0 aliphatic heterocycles. The fourth-order valence-corrected chi connectivity index (χ4v) is 2.71. The minimum absolute atomic E-state index is 0.257. The smallest absolute Gasteiger partial charge is 0.119 e. The fraction of sp³-hybridized carbons (Fsp3) is 0.238. The van der Waals surface area contributed by atoms with Crippen molar-refractivity contribution in [2.45, 2.75) is 19.2 Å². The fourth-order valence-electron chi connectivity index (χ4n) is 2.71. The molecule has 130 valence electrons. The first-order chi connectivity index (χ1) is 12.3. The summed E-state index contributed by atoms with van der Waals surface area (Å²) in [6.07, 6.45) is 1.09. The summed E-state index contributed by atoms with van der Waals surface area (Å²) in [7, 11) is 0. The molecule has 0 bridgehead atoms. The summed E-state index contributed by atoms with van der Waals surface area (Å²) < 4.78 is 11.1. The van der Waals surface area contributed by atoms with Gasteiger partial charge >= 0.3 is 0 Å². The van der Waals surface area contributed by atoms with Gasteiger partial charge in [-0.3, -0.25) is 4.90 Å². The highest BCUT2D eigenvalue weighted by atomic mass is 16.5. The van der Waals surface area contributed by atoms with Gasteiger partial charge in [-0.1, -0.05) is 48.5 Å². The highest BCUT2D eigenvalue weighted by Gasteiger charge is 2.15. The van der Waals surface area contributed by atoms with Crippen LogP contribution in [0.4, 0.5) is 0 Å². The highest BCUT2D eigenvalue weighted by molar-refractivity contribution is 5.21. The van der Waals surface area contributed by atoms with Gasteiger partial charge in [0, 0.05) is 13.1 Å². The van der Waals surface area contributed by atoms with Crippen molar-refractivity contribution in [3.05, 3.63) is 90.4 Å². The van der Waals surface area contributed by atoms with Crippen LogP contribution >= 0.6 is 0 Å². The Morgan fingerprint density at radius 1 is 0.880 bits per heavy atom.